The maximum atomic E-state index is 14.2. The molecule has 0 saturated heterocycles. The molecule has 1 aromatic carbocycles. The molecule has 0 atom stereocenters. The molecule has 0 bridgehead atoms. The van der Waals surface area contributed by atoms with Gasteiger partial charge in [-0.25, -0.2) is 17.5 Å². The predicted molar refractivity (Wildman–Crippen MR) is 104 cm³/mol. The van der Waals surface area contributed by atoms with Gasteiger partial charge in [-0.15, -0.1) is 6.58 Å². The molecule has 1 aromatic heterocycles. The van der Waals surface area contributed by atoms with Gasteiger partial charge in [-0.2, -0.15) is 0 Å². The van der Waals surface area contributed by atoms with Crippen LogP contribution < -0.4 is 9.46 Å². The number of nitrogens with zero attached hydrogens (tertiary/aromatic N) is 1. The summed E-state index contributed by atoms with van der Waals surface area (Å²) in [4.78, 5) is 15.9. The minimum absolute atomic E-state index is 0.0114. The van der Waals surface area contributed by atoms with E-state index in [2.05, 4.69) is 11.6 Å². The number of amides is 1. The Morgan fingerprint density at radius 1 is 1.36 bits per heavy atom. The molecule has 1 fully saturated rings. The number of allylic oxidation sites excluding steroid dienone is 1. The molecule has 1 aliphatic carbocycles. The summed E-state index contributed by atoms with van der Waals surface area (Å²) in [5.41, 5.74) is 0.385. The van der Waals surface area contributed by atoms with Gasteiger partial charge in [-0.1, -0.05) is 12.1 Å². The van der Waals surface area contributed by atoms with Gasteiger partial charge in [-0.05, 0) is 55.2 Å². The van der Waals surface area contributed by atoms with Gasteiger partial charge in [0.05, 0.1) is 10.9 Å². The smallest absolute Gasteiger partial charge is 0.257 e. The average Bonchev–Trinajstić information content (AvgIpc) is 3.44. The molecule has 8 heteroatoms. The Morgan fingerprint density at radius 3 is 2.75 bits per heavy atom. The summed E-state index contributed by atoms with van der Waals surface area (Å²) < 4.78 is 45.3. The van der Waals surface area contributed by atoms with Crippen LogP contribution in [0.2, 0.25) is 0 Å². The third-order valence-corrected chi connectivity index (χ3v) is 6.56. The van der Waals surface area contributed by atoms with E-state index in [1.807, 2.05) is 4.72 Å². The molecule has 146 valence electrons. The first-order valence-corrected chi connectivity index (χ1v) is 10.1. The predicted octanol–water partition coefficient (Wildman–Crippen LogP) is 3.58. The first-order valence-electron chi connectivity index (χ1n) is 8.58. The lowest BCUT2D eigenvalue weighted by Crippen LogP contribution is -2.38. The molecular formula is C20H19FN2O4S. The number of carbonyl (C=O) groups excluding carboxylic acids is 1. The van der Waals surface area contributed by atoms with Gasteiger partial charge in [0.25, 0.3) is 5.91 Å². The van der Waals surface area contributed by atoms with E-state index in [4.69, 9.17) is 4.74 Å². The van der Waals surface area contributed by atoms with Crippen LogP contribution in [-0.4, -0.2) is 24.1 Å². The Bertz CT molecular complexity index is 1020. The highest BCUT2D eigenvalue weighted by molar-refractivity contribution is 7.91. The van der Waals surface area contributed by atoms with Gasteiger partial charge in [0, 0.05) is 12.3 Å². The average molecular weight is 402 g/mol. The number of nitrogens with one attached hydrogen (secondary N) is 1. The molecule has 1 N–H and O–H groups in total. The van der Waals surface area contributed by atoms with Crippen LogP contribution in [0.5, 0.6) is 11.5 Å². The molecule has 0 unspecified atom stereocenters. The number of pyridine rings is 1. The second kappa shape index (κ2) is 7.93. The van der Waals surface area contributed by atoms with E-state index in [0.717, 1.165) is 6.08 Å². The maximum absolute atomic E-state index is 14.2. The normalized spacial score (nSPS) is 15.2. The Hall–Kier alpha value is -3.00. The lowest BCUT2D eigenvalue weighted by Gasteiger charge is -2.14. The minimum atomic E-state index is -3.79. The zero-order valence-electron chi connectivity index (χ0n) is 15.0. The molecule has 6 nitrogen and oxygen atoms in total. The number of ether oxygens (including phenoxy) is 1. The Balaban J connectivity index is 1.65. The van der Waals surface area contributed by atoms with E-state index < -0.39 is 26.5 Å². The van der Waals surface area contributed by atoms with Crippen LogP contribution in [0.4, 0.5) is 4.39 Å². The lowest BCUT2D eigenvalue weighted by atomic mass is 10.2. The highest BCUT2D eigenvalue weighted by Crippen LogP contribution is 2.46. The van der Waals surface area contributed by atoms with Crippen LogP contribution >= 0.6 is 0 Å². The fourth-order valence-electron chi connectivity index (χ4n) is 2.67. The topological polar surface area (TPSA) is 85.4 Å². The van der Waals surface area contributed by atoms with Crippen molar-refractivity contribution in [2.75, 3.05) is 0 Å². The minimum Gasteiger partial charge on any atom is -0.453 e. The summed E-state index contributed by atoms with van der Waals surface area (Å²) in [6.45, 7) is 3.56. The van der Waals surface area contributed by atoms with Gasteiger partial charge in [-0.3, -0.25) is 9.78 Å². The Kier molecular flexibility index (Phi) is 5.60. The van der Waals surface area contributed by atoms with Crippen LogP contribution in [0.3, 0.4) is 0 Å². The summed E-state index contributed by atoms with van der Waals surface area (Å²) >= 11 is 0. The first kappa shape index (κ1) is 19.8. The second-order valence-corrected chi connectivity index (χ2v) is 8.54. The molecule has 1 saturated carbocycles. The number of hydrogen-bond acceptors (Lipinski definition) is 5. The largest absolute Gasteiger partial charge is 0.453 e. The highest BCUT2D eigenvalue weighted by Gasteiger charge is 2.53. The first-order chi connectivity index (χ1) is 13.4. The Morgan fingerprint density at radius 2 is 2.14 bits per heavy atom. The van der Waals surface area contributed by atoms with Crippen molar-refractivity contribution in [1.82, 2.24) is 9.71 Å². The number of sulfonamides is 1. The molecule has 3 rings (SSSR count). The van der Waals surface area contributed by atoms with Crippen LogP contribution in [-0.2, 0) is 14.8 Å². The van der Waals surface area contributed by atoms with E-state index in [1.54, 1.807) is 24.4 Å². The summed E-state index contributed by atoms with van der Waals surface area (Å²) in [6.07, 6.45) is 8.23. The van der Waals surface area contributed by atoms with Crippen molar-refractivity contribution in [2.24, 2.45) is 0 Å². The molecule has 2 aromatic rings. The third kappa shape index (κ3) is 4.45. The summed E-state index contributed by atoms with van der Waals surface area (Å²) in [7, 11) is -3.79. The van der Waals surface area contributed by atoms with E-state index >= 15 is 0 Å². The zero-order valence-corrected chi connectivity index (χ0v) is 15.8. The molecule has 1 amide bonds. The van der Waals surface area contributed by atoms with E-state index in [-0.39, 0.29) is 5.75 Å². The molecule has 28 heavy (non-hydrogen) atoms. The van der Waals surface area contributed by atoms with Gasteiger partial charge < -0.3 is 4.74 Å². The summed E-state index contributed by atoms with van der Waals surface area (Å²) in [5.74, 6) is -1.01. The van der Waals surface area contributed by atoms with Crippen molar-refractivity contribution >= 4 is 22.0 Å². The lowest BCUT2D eigenvalue weighted by molar-refractivity contribution is -0.114. The molecule has 0 aliphatic heterocycles. The van der Waals surface area contributed by atoms with Crippen molar-refractivity contribution in [1.29, 1.82) is 0 Å². The van der Waals surface area contributed by atoms with E-state index in [1.165, 1.54) is 30.5 Å². The summed E-state index contributed by atoms with van der Waals surface area (Å²) in [5, 5.41) is 0. The maximum Gasteiger partial charge on any atom is 0.257 e. The molecule has 0 radical (unpaired) electrons. The second-order valence-electron chi connectivity index (χ2n) is 6.46. The van der Waals surface area contributed by atoms with Crippen molar-refractivity contribution in [3.63, 3.8) is 0 Å². The van der Waals surface area contributed by atoms with Gasteiger partial charge >= 0.3 is 0 Å². The van der Waals surface area contributed by atoms with Gasteiger partial charge in [0.15, 0.2) is 11.6 Å². The quantitative estimate of drug-likeness (QED) is 0.539. The van der Waals surface area contributed by atoms with Gasteiger partial charge in [0.2, 0.25) is 10.0 Å². The number of hydrogen-bond donors (Lipinski definition) is 1. The van der Waals surface area contributed by atoms with Crippen molar-refractivity contribution < 1.29 is 22.3 Å². The number of aromatic nitrogens is 1. The molecule has 1 heterocycles. The van der Waals surface area contributed by atoms with Crippen molar-refractivity contribution in [3.05, 3.63) is 72.8 Å². The Labute approximate surface area is 162 Å². The third-order valence-electron chi connectivity index (χ3n) is 4.37. The fraction of sp³-hybridized carbons (Fsp3) is 0.200. The number of benzene rings is 1. The van der Waals surface area contributed by atoms with Gasteiger partial charge in [0.1, 0.15) is 5.75 Å². The van der Waals surface area contributed by atoms with E-state index in [9.17, 15) is 17.6 Å². The number of carbonyl (C=O) groups is 1. The van der Waals surface area contributed by atoms with Crippen molar-refractivity contribution in [3.8, 4) is 11.5 Å². The van der Waals surface area contributed by atoms with Crippen LogP contribution in [0.1, 0.15) is 24.8 Å². The highest BCUT2D eigenvalue weighted by atomic mass is 32.2. The van der Waals surface area contributed by atoms with E-state index in [0.29, 0.717) is 30.6 Å². The molecule has 1 aliphatic rings. The number of rotatable bonds is 8. The SMILES string of the molecule is C=CCC1(S(=O)(=O)NC(=O)/C=C/c2ccc(Oc3cccnc3)c(F)c2)CC1. The van der Waals surface area contributed by atoms with Crippen LogP contribution in [0, 0.1) is 5.82 Å². The number of halogens is 1. The monoisotopic (exact) mass is 402 g/mol. The fourth-order valence-corrected chi connectivity index (χ4v) is 4.20. The molecular weight excluding hydrogens is 383 g/mol. The van der Waals surface area contributed by atoms with Crippen LogP contribution in [0.25, 0.3) is 6.08 Å². The standard InChI is InChI=1S/C20H19FN2O4S/c1-2-9-20(10-11-20)28(25,26)23-19(24)8-6-15-5-7-18(17(21)13-15)27-16-4-3-12-22-14-16/h2-8,12-14H,1,9-11H2,(H,23,24)/b8-6+. The van der Waals surface area contributed by atoms with Crippen molar-refractivity contribution in [2.45, 2.75) is 24.0 Å². The molecule has 0 spiro atoms. The van der Waals surface area contributed by atoms with Crippen LogP contribution in [0.15, 0.2) is 61.5 Å². The summed E-state index contributed by atoms with van der Waals surface area (Å²) in [6, 6.07) is 7.46. The zero-order chi connectivity index (χ0) is 20.2.